The first-order valence-corrected chi connectivity index (χ1v) is 4.05. The molecule has 0 atom stereocenters. The predicted octanol–water partition coefficient (Wildman–Crippen LogP) is 1.99. The van der Waals surface area contributed by atoms with Crippen molar-refractivity contribution in [2.75, 3.05) is 6.54 Å². The Balaban J connectivity index is 0.000000845. The first-order valence-electron chi connectivity index (χ1n) is 4.05. The average Bonchev–Trinajstić information content (AvgIpc) is 2.17. The monoisotopic (exact) mass is 341 g/mol. The van der Waals surface area contributed by atoms with Gasteiger partial charge in [0.05, 0.1) is 11.6 Å². The van der Waals surface area contributed by atoms with Crippen LogP contribution in [-0.4, -0.2) is 6.54 Å². The van der Waals surface area contributed by atoms with Gasteiger partial charge in [-0.25, -0.2) is 0 Å². The van der Waals surface area contributed by atoms with Crippen molar-refractivity contribution in [1.29, 1.82) is 5.26 Å². The Morgan fingerprint density at radius 2 is 2.15 bits per heavy atom. The van der Waals surface area contributed by atoms with Gasteiger partial charge < -0.3 is 5.32 Å². The van der Waals surface area contributed by atoms with Crippen molar-refractivity contribution in [2.24, 2.45) is 0 Å². The molecule has 0 fully saturated rings. The maximum Gasteiger partial charge on any atom is 0.0991 e. The van der Waals surface area contributed by atoms with E-state index in [1.54, 1.807) is 0 Å². The van der Waals surface area contributed by atoms with Gasteiger partial charge in [-0.3, -0.25) is 0 Å². The molecule has 1 aliphatic rings. The number of benzene rings is 1. The van der Waals surface area contributed by atoms with E-state index in [4.69, 9.17) is 5.26 Å². The van der Waals surface area contributed by atoms with Gasteiger partial charge in [-0.2, -0.15) is 5.26 Å². The van der Waals surface area contributed by atoms with Crippen molar-refractivity contribution >= 4 is 0 Å². The zero-order valence-electron chi connectivity index (χ0n) is 7.16. The van der Waals surface area contributed by atoms with Crippen LogP contribution in [0.2, 0.25) is 0 Å². The fraction of sp³-hybridized carbons (Fsp3) is 0.300. The summed E-state index contributed by atoms with van der Waals surface area (Å²) in [6.07, 6.45) is 1.03. The van der Waals surface area contributed by atoms with E-state index < -0.39 is 0 Å². The average molecular weight is 341 g/mol. The molecule has 0 amide bonds. The maximum absolute atomic E-state index is 8.66. The van der Waals surface area contributed by atoms with Gasteiger partial charge in [0.1, 0.15) is 0 Å². The second kappa shape index (κ2) is 4.55. The van der Waals surface area contributed by atoms with E-state index in [0.717, 1.165) is 25.1 Å². The quantitative estimate of drug-likeness (QED) is 0.711. The van der Waals surface area contributed by atoms with Crippen molar-refractivity contribution < 1.29 is 21.1 Å². The van der Waals surface area contributed by atoms with Crippen LogP contribution < -0.4 is 0 Å². The molecular formula is C10H9N2W-. The minimum absolute atomic E-state index is 0. The summed E-state index contributed by atoms with van der Waals surface area (Å²) >= 11 is 0. The zero-order chi connectivity index (χ0) is 8.39. The predicted molar refractivity (Wildman–Crippen MR) is 46.8 cm³/mol. The third-order valence-corrected chi connectivity index (χ3v) is 2.16. The summed E-state index contributed by atoms with van der Waals surface area (Å²) in [5, 5.41) is 12.9. The molecule has 13 heavy (non-hydrogen) atoms. The summed E-state index contributed by atoms with van der Waals surface area (Å²) in [6, 6.07) is 8.00. The number of nitrogens with zero attached hydrogens (tertiary/aromatic N) is 2. The second-order valence-electron chi connectivity index (χ2n) is 2.95. The van der Waals surface area contributed by atoms with Gasteiger partial charge >= 0.3 is 0 Å². The largest absolute Gasteiger partial charge is 0.658 e. The first-order chi connectivity index (χ1) is 5.90. The van der Waals surface area contributed by atoms with Crippen molar-refractivity contribution in [3.8, 4) is 6.07 Å². The Hall–Kier alpha value is -0.642. The van der Waals surface area contributed by atoms with Gasteiger partial charge in [-0.1, -0.05) is 11.6 Å². The molecule has 66 valence electrons. The van der Waals surface area contributed by atoms with Crippen LogP contribution in [0, 0.1) is 11.3 Å². The third-order valence-electron chi connectivity index (χ3n) is 2.16. The van der Waals surface area contributed by atoms with E-state index in [1.165, 1.54) is 11.1 Å². The summed E-state index contributed by atoms with van der Waals surface area (Å²) in [7, 11) is 0. The van der Waals surface area contributed by atoms with Gasteiger partial charge in [0.15, 0.2) is 0 Å². The van der Waals surface area contributed by atoms with E-state index in [2.05, 4.69) is 11.4 Å². The van der Waals surface area contributed by atoms with Crippen molar-refractivity contribution in [2.45, 2.75) is 13.0 Å². The molecule has 1 aliphatic heterocycles. The van der Waals surface area contributed by atoms with Gasteiger partial charge in [0.25, 0.3) is 0 Å². The maximum atomic E-state index is 8.66. The molecule has 2 nitrogen and oxygen atoms in total. The van der Waals surface area contributed by atoms with Crippen LogP contribution >= 0.6 is 0 Å². The van der Waals surface area contributed by atoms with Crippen LogP contribution in [0.4, 0.5) is 0 Å². The van der Waals surface area contributed by atoms with E-state index in [9.17, 15) is 0 Å². The van der Waals surface area contributed by atoms with Gasteiger partial charge in [-0.05, 0) is 24.1 Å². The minimum Gasteiger partial charge on any atom is -0.658 e. The normalized spacial score (nSPS) is 13.8. The smallest absolute Gasteiger partial charge is 0.0991 e. The summed E-state index contributed by atoms with van der Waals surface area (Å²) in [5.41, 5.74) is 3.31. The molecule has 0 aliphatic carbocycles. The third kappa shape index (κ3) is 2.18. The Bertz CT molecular complexity index is 341. The fourth-order valence-corrected chi connectivity index (χ4v) is 1.49. The van der Waals surface area contributed by atoms with E-state index in [0.29, 0.717) is 0 Å². The topological polar surface area (TPSA) is 37.9 Å². The van der Waals surface area contributed by atoms with E-state index in [-0.39, 0.29) is 21.1 Å². The molecule has 1 aromatic rings. The number of hydrogen-bond donors (Lipinski definition) is 0. The summed E-state index contributed by atoms with van der Waals surface area (Å²) in [6.45, 7) is 1.71. The van der Waals surface area contributed by atoms with Gasteiger partial charge in [0.2, 0.25) is 0 Å². The number of hydrogen-bond acceptors (Lipinski definition) is 1. The molecule has 1 heterocycles. The zero-order valence-corrected chi connectivity index (χ0v) is 10.1. The van der Waals surface area contributed by atoms with Gasteiger partial charge in [0, 0.05) is 21.1 Å². The van der Waals surface area contributed by atoms with Crippen LogP contribution in [0.1, 0.15) is 16.7 Å². The molecule has 0 saturated carbocycles. The molecule has 2 rings (SSSR count). The van der Waals surface area contributed by atoms with Crippen LogP contribution in [0.5, 0.6) is 0 Å². The summed E-state index contributed by atoms with van der Waals surface area (Å²) in [4.78, 5) is 0. The Kier molecular flexibility index (Phi) is 3.66. The molecule has 0 bridgehead atoms. The molecule has 0 saturated heterocycles. The SMILES string of the molecule is N#Cc1ccc2c(c1)C[N-]CC2.[W]. The molecule has 0 spiro atoms. The summed E-state index contributed by atoms with van der Waals surface area (Å²) in [5.74, 6) is 0. The van der Waals surface area contributed by atoms with E-state index >= 15 is 0 Å². The molecule has 0 unspecified atom stereocenters. The van der Waals surface area contributed by atoms with Gasteiger partial charge in [-0.15, -0.1) is 13.1 Å². The standard InChI is InChI=1S/C10H9N2.W/c11-6-8-1-2-9-3-4-12-7-10(9)5-8;/h1-2,5H,3-4,7H2;/q-1;. The van der Waals surface area contributed by atoms with E-state index in [1.807, 2.05) is 18.2 Å². The molecule has 0 radical (unpaired) electrons. The Labute approximate surface area is 92.2 Å². The second-order valence-corrected chi connectivity index (χ2v) is 2.95. The van der Waals surface area contributed by atoms with Crippen molar-refractivity contribution in [3.05, 3.63) is 40.2 Å². The van der Waals surface area contributed by atoms with Crippen LogP contribution in [-0.2, 0) is 34.0 Å². The number of rotatable bonds is 0. The Morgan fingerprint density at radius 3 is 2.92 bits per heavy atom. The number of fused-ring (bicyclic) bond motifs is 1. The molecular weight excluding hydrogens is 332 g/mol. The van der Waals surface area contributed by atoms with Crippen molar-refractivity contribution in [1.82, 2.24) is 0 Å². The van der Waals surface area contributed by atoms with Crippen LogP contribution in [0.15, 0.2) is 18.2 Å². The minimum atomic E-state index is 0. The van der Waals surface area contributed by atoms with Crippen LogP contribution in [0.25, 0.3) is 5.32 Å². The summed E-state index contributed by atoms with van der Waals surface area (Å²) < 4.78 is 0. The molecule has 0 aromatic heterocycles. The fourth-order valence-electron chi connectivity index (χ4n) is 1.49. The Morgan fingerprint density at radius 1 is 1.31 bits per heavy atom. The number of nitriles is 1. The molecule has 0 N–H and O–H groups in total. The van der Waals surface area contributed by atoms with Crippen molar-refractivity contribution in [3.63, 3.8) is 0 Å². The molecule has 3 heteroatoms. The van der Waals surface area contributed by atoms with Crippen LogP contribution in [0.3, 0.4) is 0 Å². The first kappa shape index (κ1) is 10.4. The molecule has 1 aromatic carbocycles.